The number of esters is 1. The SMILES string of the molecule is CCOc1ccccc1CCC(=O)O[C@@H](C)C(=O)Nc1cc(Cl)ccc1OC. The van der Waals surface area contributed by atoms with Crippen LogP contribution in [0.15, 0.2) is 42.5 Å². The van der Waals surface area contributed by atoms with Crippen LogP contribution in [0, 0.1) is 0 Å². The number of benzene rings is 2. The molecule has 0 spiro atoms. The van der Waals surface area contributed by atoms with Crippen molar-refractivity contribution in [2.24, 2.45) is 0 Å². The van der Waals surface area contributed by atoms with E-state index in [2.05, 4.69) is 5.32 Å². The van der Waals surface area contributed by atoms with Crippen molar-refractivity contribution in [3.8, 4) is 11.5 Å². The third-order valence-corrected chi connectivity index (χ3v) is 4.20. The first-order valence-corrected chi connectivity index (χ1v) is 9.37. The molecule has 7 heteroatoms. The van der Waals surface area contributed by atoms with Gasteiger partial charge in [-0.15, -0.1) is 0 Å². The molecule has 28 heavy (non-hydrogen) atoms. The summed E-state index contributed by atoms with van der Waals surface area (Å²) in [4.78, 5) is 24.5. The molecule has 0 aliphatic heterocycles. The Morgan fingerprint density at radius 1 is 1.14 bits per heavy atom. The zero-order valence-corrected chi connectivity index (χ0v) is 16.9. The largest absolute Gasteiger partial charge is 0.495 e. The van der Waals surface area contributed by atoms with E-state index >= 15 is 0 Å². The Hall–Kier alpha value is -2.73. The number of carbonyl (C=O) groups excluding carboxylic acids is 2. The number of halogens is 1. The van der Waals surface area contributed by atoms with Crippen LogP contribution in [0.4, 0.5) is 5.69 Å². The molecule has 1 N–H and O–H groups in total. The molecule has 0 aliphatic rings. The summed E-state index contributed by atoms with van der Waals surface area (Å²) in [7, 11) is 1.49. The minimum absolute atomic E-state index is 0.141. The molecule has 0 unspecified atom stereocenters. The molecule has 150 valence electrons. The van der Waals surface area contributed by atoms with Gasteiger partial charge in [-0.25, -0.2) is 0 Å². The van der Waals surface area contributed by atoms with E-state index in [0.29, 0.717) is 29.5 Å². The van der Waals surface area contributed by atoms with Gasteiger partial charge in [0, 0.05) is 11.4 Å². The Labute approximate surface area is 169 Å². The summed E-state index contributed by atoms with van der Waals surface area (Å²) in [6.07, 6.45) is -0.355. The number of amides is 1. The quantitative estimate of drug-likeness (QED) is 0.631. The summed E-state index contributed by atoms with van der Waals surface area (Å²) in [6.45, 7) is 3.96. The Kier molecular flexibility index (Phi) is 8.14. The lowest BCUT2D eigenvalue weighted by Crippen LogP contribution is -2.30. The van der Waals surface area contributed by atoms with E-state index in [1.54, 1.807) is 18.2 Å². The smallest absolute Gasteiger partial charge is 0.306 e. The third kappa shape index (κ3) is 6.16. The molecule has 6 nitrogen and oxygen atoms in total. The number of aryl methyl sites for hydroxylation is 1. The van der Waals surface area contributed by atoms with Crippen LogP contribution in [-0.4, -0.2) is 31.7 Å². The highest BCUT2D eigenvalue weighted by molar-refractivity contribution is 6.31. The number of para-hydroxylation sites is 1. The standard InChI is InChI=1S/C21H24ClNO5/c1-4-27-18-8-6-5-7-15(18)9-12-20(24)28-14(2)21(25)23-17-13-16(22)10-11-19(17)26-3/h5-8,10-11,13-14H,4,9,12H2,1-3H3,(H,23,25)/t14-/m0/s1. The fourth-order valence-corrected chi connectivity index (χ4v) is 2.74. The highest BCUT2D eigenvalue weighted by atomic mass is 35.5. The first kappa shape index (κ1) is 21.6. The molecule has 1 atom stereocenters. The van der Waals surface area contributed by atoms with Crippen molar-refractivity contribution in [3.63, 3.8) is 0 Å². The van der Waals surface area contributed by atoms with E-state index in [4.69, 9.17) is 25.8 Å². The average molecular weight is 406 g/mol. The highest BCUT2D eigenvalue weighted by Crippen LogP contribution is 2.28. The van der Waals surface area contributed by atoms with Crippen LogP contribution in [0.3, 0.4) is 0 Å². The predicted octanol–water partition coefficient (Wildman–Crippen LogP) is 4.25. The summed E-state index contributed by atoms with van der Waals surface area (Å²) in [5.41, 5.74) is 1.33. The normalized spacial score (nSPS) is 11.4. The van der Waals surface area contributed by atoms with E-state index < -0.39 is 18.0 Å². The van der Waals surface area contributed by atoms with Gasteiger partial charge >= 0.3 is 5.97 Å². The number of rotatable bonds is 9. The van der Waals surface area contributed by atoms with Crippen molar-refractivity contribution in [2.75, 3.05) is 19.0 Å². The molecule has 0 aromatic heterocycles. The summed E-state index contributed by atoms with van der Waals surface area (Å²) in [5.74, 6) is 0.274. The van der Waals surface area contributed by atoms with Crippen LogP contribution in [0.2, 0.25) is 5.02 Å². The van der Waals surface area contributed by atoms with Crippen molar-refractivity contribution in [2.45, 2.75) is 32.8 Å². The van der Waals surface area contributed by atoms with Gasteiger partial charge in [0.15, 0.2) is 6.10 Å². The molecule has 0 bridgehead atoms. The number of carbonyl (C=O) groups is 2. The predicted molar refractivity (Wildman–Crippen MR) is 108 cm³/mol. The van der Waals surface area contributed by atoms with Crippen LogP contribution in [-0.2, 0) is 20.7 Å². The number of nitrogens with one attached hydrogen (secondary N) is 1. The van der Waals surface area contributed by atoms with Crippen molar-refractivity contribution in [1.29, 1.82) is 0 Å². The molecule has 2 aromatic rings. The maximum Gasteiger partial charge on any atom is 0.306 e. The summed E-state index contributed by atoms with van der Waals surface area (Å²) in [6, 6.07) is 12.4. The zero-order valence-electron chi connectivity index (χ0n) is 16.2. The van der Waals surface area contributed by atoms with Crippen molar-refractivity contribution < 1.29 is 23.8 Å². The van der Waals surface area contributed by atoms with E-state index in [9.17, 15) is 9.59 Å². The summed E-state index contributed by atoms with van der Waals surface area (Å²) >= 11 is 5.95. The number of hydrogen-bond donors (Lipinski definition) is 1. The lowest BCUT2D eigenvalue weighted by molar-refractivity contribution is -0.153. The molecular weight excluding hydrogens is 382 g/mol. The number of methoxy groups -OCH3 is 1. The fourth-order valence-electron chi connectivity index (χ4n) is 2.57. The van der Waals surface area contributed by atoms with Gasteiger partial charge < -0.3 is 19.5 Å². The van der Waals surface area contributed by atoms with Gasteiger partial charge in [-0.3, -0.25) is 9.59 Å². The second-order valence-corrected chi connectivity index (χ2v) is 6.44. The number of hydrogen-bond acceptors (Lipinski definition) is 5. The molecular formula is C21H24ClNO5. The van der Waals surface area contributed by atoms with Crippen LogP contribution >= 0.6 is 11.6 Å². The topological polar surface area (TPSA) is 73.9 Å². The van der Waals surface area contributed by atoms with Crippen LogP contribution in [0.5, 0.6) is 11.5 Å². The zero-order chi connectivity index (χ0) is 20.5. The van der Waals surface area contributed by atoms with Crippen LogP contribution in [0.1, 0.15) is 25.8 Å². The van der Waals surface area contributed by atoms with Gasteiger partial charge in [-0.1, -0.05) is 29.8 Å². The molecule has 0 fully saturated rings. The Morgan fingerprint density at radius 2 is 1.89 bits per heavy atom. The van der Waals surface area contributed by atoms with Gasteiger partial charge in [0.1, 0.15) is 11.5 Å². The second kappa shape index (κ2) is 10.6. The fraction of sp³-hybridized carbons (Fsp3) is 0.333. The highest BCUT2D eigenvalue weighted by Gasteiger charge is 2.19. The molecule has 0 saturated carbocycles. The van der Waals surface area contributed by atoms with Gasteiger partial charge in [-0.2, -0.15) is 0 Å². The Bertz CT molecular complexity index is 824. The molecule has 0 aliphatic carbocycles. The monoisotopic (exact) mass is 405 g/mol. The number of ether oxygens (including phenoxy) is 3. The molecule has 1 amide bonds. The molecule has 2 aromatic carbocycles. The molecule has 0 heterocycles. The maximum absolute atomic E-state index is 12.3. The lowest BCUT2D eigenvalue weighted by Gasteiger charge is -2.16. The van der Waals surface area contributed by atoms with Crippen molar-refractivity contribution in [1.82, 2.24) is 0 Å². The van der Waals surface area contributed by atoms with Gasteiger partial charge in [0.25, 0.3) is 5.91 Å². The lowest BCUT2D eigenvalue weighted by atomic mass is 10.1. The van der Waals surface area contributed by atoms with Gasteiger partial charge in [0.2, 0.25) is 0 Å². The van der Waals surface area contributed by atoms with Gasteiger partial charge in [0.05, 0.1) is 19.4 Å². The van der Waals surface area contributed by atoms with Crippen molar-refractivity contribution in [3.05, 3.63) is 53.1 Å². The Morgan fingerprint density at radius 3 is 2.61 bits per heavy atom. The van der Waals surface area contributed by atoms with E-state index in [-0.39, 0.29) is 6.42 Å². The summed E-state index contributed by atoms with van der Waals surface area (Å²) < 4.78 is 16.0. The van der Waals surface area contributed by atoms with Crippen LogP contribution < -0.4 is 14.8 Å². The Balaban J connectivity index is 1.90. The van der Waals surface area contributed by atoms with E-state index in [1.807, 2.05) is 31.2 Å². The first-order chi connectivity index (χ1) is 13.4. The molecule has 0 saturated heterocycles. The minimum Gasteiger partial charge on any atom is -0.495 e. The van der Waals surface area contributed by atoms with E-state index in [1.165, 1.54) is 14.0 Å². The number of anilines is 1. The van der Waals surface area contributed by atoms with Crippen LogP contribution in [0.25, 0.3) is 0 Å². The minimum atomic E-state index is -0.960. The molecule has 0 radical (unpaired) electrons. The van der Waals surface area contributed by atoms with Gasteiger partial charge in [-0.05, 0) is 50.1 Å². The van der Waals surface area contributed by atoms with Crippen molar-refractivity contribution >= 4 is 29.2 Å². The molecule has 2 rings (SSSR count). The third-order valence-electron chi connectivity index (χ3n) is 3.97. The maximum atomic E-state index is 12.3. The summed E-state index contributed by atoms with van der Waals surface area (Å²) in [5, 5.41) is 3.11. The second-order valence-electron chi connectivity index (χ2n) is 6.01. The van der Waals surface area contributed by atoms with E-state index in [0.717, 1.165) is 11.3 Å². The average Bonchev–Trinajstić information content (AvgIpc) is 2.67. The first-order valence-electron chi connectivity index (χ1n) is 8.99.